The fourth-order valence-corrected chi connectivity index (χ4v) is 3.17. The van der Waals surface area contributed by atoms with Gasteiger partial charge in [-0.2, -0.15) is 0 Å². The highest BCUT2D eigenvalue weighted by Gasteiger charge is 2.25. The molecule has 1 aromatic rings. The molecule has 1 fully saturated rings. The zero-order valence-electron chi connectivity index (χ0n) is 12.4. The topological polar surface area (TPSA) is 32.3 Å². The lowest BCUT2D eigenvalue weighted by molar-refractivity contribution is 0.201. The maximum absolute atomic E-state index is 9.87. The Bertz CT molecular complexity index is 408. The number of hydrogen-bond donors (Lipinski definition) is 2. The molecule has 1 atom stereocenters. The molecule has 0 aromatic heterocycles. The Morgan fingerprint density at radius 3 is 2.53 bits per heavy atom. The van der Waals surface area contributed by atoms with E-state index < -0.39 is 0 Å². The van der Waals surface area contributed by atoms with Gasteiger partial charge in [0, 0.05) is 5.92 Å². The van der Waals surface area contributed by atoms with Crippen molar-refractivity contribution in [2.24, 2.45) is 5.92 Å². The molecule has 0 spiro atoms. The number of nitrogens with one attached hydrogen (secondary N) is 1. The van der Waals surface area contributed by atoms with Crippen LogP contribution in [0, 0.1) is 12.8 Å². The molecule has 1 saturated heterocycles. The molecule has 1 aromatic carbocycles. The third kappa shape index (κ3) is 3.37. The van der Waals surface area contributed by atoms with E-state index in [1.165, 1.54) is 29.5 Å². The summed E-state index contributed by atoms with van der Waals surface area (Å²) < 4.78 is 0. The molecular formula is C17H27NO. The third-order valence-corrected chi connectivity index (χ3v) is 4.52. The number of piperidine rings is 1. The Kier molecular flexibility index (Phi) is 5.00. The lowest BCUT2D eigenvalue weighted by atomic mass is 9.78. The van der Waals surface area contributed by atoms with Crippen LogP contribution in [-0.2, 0) is 0 Å². The summed E-state index contributed by atoms with van der Waals surface area (Å²) in [4.78, 5) is 0. The summed E-state index contributed by atoms with van der Waals surface area (Å²) in [7, 11) is 0. The average molecular weight is 261 g/mol. The second kappa shape index (κ2) is 6.53. The van der Waals surface area contributed by atoms with Gasteiger partial charge in [0.15, 0.2) is 0 Å². The molecule has 0 saturated carbocycles. The van der Waals surface area contributed by atoms with Gasteiger partial charge in [-0.05, 0) is 61.4 Å². The highest BCUT2D eigenvalue weighted by molar-refractivity contribution is 5.35. The normalized spacial score (nSPS) is 18.8. The summed E-state index contributed by atoms with van der Waals surface area (Å²) in [5.41, 5.74) is 4.07. The van der Waals surface area contributed by atoms with E-state index >= 15 is 0 Å². The Balaban J connectivity index is 2.28. The number of aliphatic hydroxyl groups is 1. The van der Waals surface area contributed by atoms with Crippen molar-refractivity contribution in [2.45, 2.75) is 45.4 Å². The Morgan fingerprint density at radius 1 is 1.26 bits per heavy atom. The van der Waals surface area contributed by atoms with Crippen molar-refractivity contribution >= 4 is 0 Å². The largest absolute Gasteiger partial charge is 0.396 e. The first-order chi connectivity index (χ1) is 9.13. The smallest absolute Gasteiger partial charge is 0.0502 e. The highest BCUT2D eigenvalue weighted by atomic mass is 16.3. The van der Waals surface area contributed by atoms with Crippen molar-refractivity contribution < 1.29 is 5.11 Å². The molecule has 2 nitrogen and oxygen atoms in total. The lowest BCUT2D eigenvalue weighted by Gasteiger charge is -2.31. The predicted molar refractivity (Wildman–Crippen MR) is 80.7 cm³/mol. The van der Waals surface area contributed by atoms with Crippen LogP contribution in [-0.4, -0.2) is 24.8 Å². The summed E-state index contributed by atoms with van der Waals surface area (Å²) >= 11 is 0. The summed E-state index contributed by atoms with van der Waals surface area (Å²) in [5.74, 6) is 1.47. The van der Waals surface area contributed by atoms with Crippen molar-refractivity contribution in [2.75, 3.05) is 19.7 Å². The minimum absolute atomic E-state index is 0.271. The minimum Gasteiger partial charge on any atom is -0.396 e. The molecule has 0 aliphatic carbocycles. The molecule has 0 bridgehead atoms. The summed E-state index contributed by atoms with van der Waals surface area (Å²) in [6.07, 6.45) is 2.35. The van der Waals surface area contributed by atoms with Crippen molar-refractivity contribution in [3.8, 4) is 0 Å². The van der Waals surface area contributed by atoms with Crippen LogP contribution >= 0.6 is 0 Å². The zero-order chi connectivity index (χ0) is 13.8. The molecule has 1 heterocycles. The number of rotatable bonds is 4. The van der Waals surface area contributed by atoms with Gasteiger partial charge in [0.2, 0.25) is 0 Å². The molecule has 19 heavy (non-hydrogen) atoms. The van der Waals surface area contributed by atoms with E-state index in [2.05, 4.69) is 44.3 Å². The zero-order valence-corrected chi connectivity index (χ0v) is 12.4. The summed E-state index contributed by atoms with van der Waals surface area (Å²) in [5, 5.41) is 13.3. The van der Waals surface area contributed by atoms with E-state index in [0.717, 1.165) is 13.1 Å². The number of benzene rings is 1. The minimum atomic E-state index is 0.271. The van der Waals surface area contributed by atoms with E-state index in [1.807, 2.05) is 0 Å². The van der Waals surface area contributed by atoms with Crippen LogP contribution in [0.5, 0.6) is 0 Å². The first-order valence-corrected chi connectivity index (χ1v) is 7.55. The SMILES string of the molecule is Cc1ccc(C(C)C)cc1C(CO)C1CCNCC1. The third-order valence-electron chi connectivity index (χ3n) is 4.52. The van der Waals surface area contributed by atoms with Crippen molar-refractivity contribution in [1.82, 2.24) is 5.32 Å². The van der Waals surface area contributed by atoms with E-state index in [4.69, 9.17) is 0 Å². The number of hydrogen-bond acceptors (Lipinski definition) is 2. The molecule has 106 valence electrons. The number of aryl methyl sites for hydroxylation is 1. The first kappa shape index (κ1) is 14.5. The van der Waals surface area contributed by atoms with Gasteiger partial charge in [-0.15, -0.1) is 0 Å². The number of aliphatic hydroxyl groups excluding tert-OH is 1. The van der Waals surface area contributed by atoms with Crippen molar-refractivity contribution in [1.29, 1.82) is 0 Å². The Hall–Kier alpha value is -0.860. The van der Waals surface area contributed by atoms with E-state index in [-0.39, 0.29) is 6.61 Å². The van der Waals surface area contributed by atoms with Gasteiger partial charge in [-0.1, -0.05) is 32.0 Å². The second-order valence-electron chi connectivity index (χ2n) is 6.15. The summed E-state index contributed by atoms with van der Waals surface area (Å²) in [6.45, 7) is 9.07. The van der Waals surface area contributed by atoms with Gasteiger partial charge in [0.05, 0.1) is 6.61 Å². The molecule has 0 amide bonds. The van der Waals surface area contributed by atoms with Crippen LogP contribution in [0.25, 0.3) is 0 Å². The van der Waals surface area contributed by atoms with E-state index in [9.17, 15) is 5.11 Å². The Morgan fingerprint density at radius 2 is 1.95 bits per heavy atom. The molecule has 2 N–H and O–H groups in total. The van der Waals surface area contributed by atoms with Gasteiger partial charge in [-0.3, -0.25) is 0 Å². The van der Waals surface area contributed by atoms with Gasteiger partial charge >= 0.3 is 0 Å². The van der Waals surface area contributed by atoms with Crippen LogP contribution in [0.1, 0.15) is 55.2 Å². The molecule has 2 rings (SSSR count). The molecule has 0 radical (unpaired) electrons. The molecule has 1 unspecified atom stereocenters. The second-order valence-corrected chi connectivity index (χ2v) is 6.15. The van der Waals surface area contributed by atoms with Crippen LogP contribution in [0.2, 0.25) is 0 Å². The molecule has 2 heteroatoms. The van der Waals surface area contributed by atoms with Gasteiger partial charge in [0.25, 0.3) is 0 Å². The van der Waals surface area contributed by atoms with E-state index in [1.54, 1.807) is 0 Å². The summed E-state index contributed by atoms with van der Waals surface area (Å²) in [6, 6.07) is 6.76. The van der Waals surface area contributed by atoms with Gasteiger partial charge in [-0.25, -0.2) is 0 Å². The maximum Gasteiger partial charge on any atom is 0.0502 e. The van der Waals surface area contributed by atoms with Crippen molar-refractivity contribution in [3.63, 3.8) is 0 Å². The van der Waals surface area contributed by atoms with Crippen LogP contribution in [0.4, 0.5) is 0 Å². The first-order valence-electron chi connectivity index (χ1n) is 7.55. The van der Waals surface area contributed by atoms with Gasteiger partial charge in [0.1, 0.15) is 0 Å². The predicted octanol–water partition coefficient (Wildman–Crippen LogP) is 3.19. The van der Waals surface area contributed by atoms with Crippen LogP contribution < -0.4 is 5.32 Å². The van der Waals surface area contributed by atoms with Crippen LogP contribution in [0.15, 0.2) is 18.2 Å². The molecule has 1 aliphatic rings. The fraction of sp³-hybridized carbons (Fsp3) is 0.647. The van der Waals surface area contributed by atoms with Crippen molar-refractivity contribution in [3.05, 3.63) is 34.9 Å². The average Bonchev–Trinajstić information content (AvgIpc) is 2.42. The quantitative estimate of drug-likeness (QED) is 0.872. The lowest BCUT2D eigenvalue weighted by Crippen LogP contribution is -2.32. The van der Waals surface area contributed by atoms with Gasteiger partial charge < -0.3 is 10.4 Å². The van der Waals surface area contributed by atoms with Crippen LogP contribution in [0.3, 0.4) is 0 Å². The monoisotopic (exact) mass is 261 g/mol. The molecule has 1 aliphatic heterocycles. The van der Waals surface area contributed by atoms with E-state index in [0.29, 0.717) is 17.8 Å². The maximum atomic E-state index is 9.87. The molecular weight excluding hydrogens is 234 g/mol. The standard InChI is InChI=1S/C17H27NO/c1-12(2)15-5-4-13(3)16(10-15)17(11-19)14-6-8-18-9-7-14/h4-5,10,12,14,17-19H,6-9,11H2,1-3H3. The Labute approximate surface area is 117 Å². The highest BCUT2D eigenvalue weighted by Crippen LogP contribution is 2.34. The fourth-order valence-electron chi connectivity index (χ4n) is 3.17.